The number of aliphatic hydroxyl groups excluding tert-OH is 1. The molecule has 0 saturated carbocycles. The van der Waals surface area contributed by atoms with Gasteiger partial charge in [-0.05, 0) is 69.8 Å². The fraction of sp³-hybridized carbons (Fsp3) is 0.500. The van der Waals surface area contributed by atoms with E-state index in [0.717, 1.165) is 86.4 Å². The number of fused-ring (bicyclic) bond motifs is 2. The molecule has 17 heteroatoms. The molecule has 2 unspecified atom stereocenters. The van der Waals surface area contributed by atoms with Gasteiger partial charge in [-0.1, -0.05) is 56.0 Å². The number of hydrogen-bond donors (Lipinski definition) is 3. The molecular weight excluding hydrogens is 839 g/mol. The van der Waals surface area contributed by atoms with Crippen LogP contribution in [0.1, 0.15) is 98.5 Å². The molecule has 2 aliphatic heterocycles. The monoisotopic (exact) mass is 898 g/mol. The SMILES string of the molecule is COc1cc2c(NC(C)c3cccc(C(F)(F)CO)c3)nc(C)nc2c(CCCCCCCCN2CCN(C(=O)COc3cccc4c(C5CCC(=O)NC5=O)nn(C)c34)CC2)c1OC. The summed E-state index contributed by atoms with van der Waals surface area (Å²) in [5, 5.41) is 21.2. The Morgan fingerprint density at radius 2 is 1.69 bits per heavy atom. The first-order valence-corrected chi connectivity index (χ1v) is 22.5. The Hall–Kier alpha value is -5.94. The van der Waals surface area contributed by atoms with Crippen LogP contribution in [0.15, 0.2) is 48.5 Å². The number of halogens is 2. The molecule has 5 aromatic rings. The number of aryl methyl sites for hydroxylation is 3. The molecule has 2 atom stereocenters. The maximum atomic E-state index is 14.3. The third-order valence-corrected chi connectivity index (χ3v) is 12.6. The largest absolute Gasteiger partial charge is 0.493 e. The molecule has 15 nitrogen and oxygen atoms in total. The standard InChI is InChI=1S/C48H60F2N8O7/c1-30(32-14-12-15-33(26-32)48(49,50)29-59)51-46-37-27-39(63-4)45(64-5)35(42(37)52-31(2)53-46)16-10-8-6-7-9-11-21-57-22-24-58(25-23-57)41(61)28-65-38-18-13-17-34-43(55-56(3)44(34)38)36-19-20-40(60)54-47(36)62/h12-15,17-18,26-27,30,36,59H,6-11,16,19-25,28-29H2,1-5H3,(H,51,52,53)(H,54,60,62). The lowest BCUT2D eigenvalue weighted by atomic mass is 9.93. The number of benzene rings is 3. The number of aromatic nitrogens is 4. The molecule has 65 heavy (non-hydrogen) atoms. The van der Waals surface area contributed by atoms with Crippen LogP contribution in [0.4, 0.5) is 14.6 Å². The van der Waals surface area contributed by atoms with Gasteiger partial charge in [0.25, 0.3) is 11.8 Å². The van der Waals surface area contributed by atoms with E-state index in [0.29, 0.717) is 65.2 Å². The normalized spacial score (nSPS) is 16.5. The van der Waals surface area contributed by atoms with Crippen LogP contribution in [-0.2, 0) is 33.8 Å². The molecule has 3 aromatic carbocycles. The van der Waals surface area contributed by atoms with Gasteiger partial charge < -0.3 is 29.5 Å². The van der Waals surface area contributed by atoms with Gasteiger partial charge in [0, 0.05) is 67.6 Å². The lowest BCUT2D eigenvalue weighted by molar-refractivity contribution is -0.135. The van der Waals surface area contributed by atoms with Gasteiger partial charge in [0.05, 0.1) is 31.3 Å². The summed E-state index contributed by atoms with van der Waals surface area (Å²) >= 11 is 0. The number of amides is 3. The number of carbonyl (C=O) groups is 3. The topological polar surface area (TPSA) is 173 Å². The Balaban J connectivity index is 0.852. The number of alkyl halides is 2. The second-order valence-corrected chi connectivity index (χ2v) is 17.0. The van der Waals surface area contributed by atoms with Gasteiger partial charge in [0.15, 0.2) is 18.1 Å². The predicted octanol–water partition coefficient (Wildman–Crippen LogP) is 6.73. The number of nitrogens with zero attached hydrogens (tertiary/aromatic N) is 6. The number of para-hydroxylation sites is 1. The quantitative estimate of drug-likeness (QED) is 0.0557. The highest BCUT2D eigenvalue weighted by Gasteiger charge is 2.33. The van der Waals surface area contributed by atoms with E-state index in [9.17, 15) is 28.3 Å². The summed E-state index contributed by atoms with van der Waals surface area (Å²) in [7, 11) is 5.00. The van der Waals surface area contributed by atoms with Crippen molar-refractivity contribution in [3.05, 3.63) is 76.7 Å². The highest BCUT2D eigenvalue weighted by molar-refractivity contribution is 6.03. The van der Waals surface area contributed by atoms with Gasteiger partial charge in [0.2, 0.25) is 11.8 Å². The predicted molar refractivity (Wildman–Crippen MR) is 243 cm³/mol. The zero-order valence-electron chi connectivity index (χ0n) is 37.9. The molecule has 0 bridgehead atoms. The first kappa shape index (κ1) is 47.0. The Kier molecular flexibility index (Phi) is 15.1. The second kappa shape index (κ2) is 20.9. The lowest BCUT2D eigenvalue weighted by Gasteiger charge is -2.34. The van der Waals surface area contributed by atoms with Crippen molar-refractivity contribution >= 4 is 45.3 Å². The van der Waals surface area contributed by atoms with Crippen LogP contribution in [0.3, 0.4) is 0 Å². The summed E-state index contributed by atoms with van der Waals surface area (Å²) in [6.07, 6.45) is 7.74. The maximum absolute atomic E-state index is 14.3. The van der Waals surface area contributed by atoms with Gasteiger partial charge in [0.1, 0.15) is 29.5 Å². The summed E-state index contributed by atoms with van der Waals surface area (Å²) in [6.45, 7) is 6.22. The minimum absolute atomic E-state index is 0.0724. The zero-order valence-corrected chi connectivity index (χ0v) is 37.9. The van der Waals surface area contributed by atoms with Crippen LogP contribution in [0.2, 0.25) is 0 Å². The van der Waals surface area contributed by atoms with E-state index in [2.05, 4.69) is 20.6 Å². The van der Waals surface area contributed by atoms with Crippen molar-refractivity contribution in [3.63, 3.8) is 0 Å². The smallest absolute Gasteiger partial charge is 0.295 e. The summed E-state index contributed by atoms with van der Waals surface area (Å²) in [5.74, 6) is -1.73. The van der Waals surface area contributed by atoms with E-state index in [-0.39, 0.29) is 42.4 Å². The third-order valence-electron chi connectivity index (χ3n) is 12.6. The number of ether oxygens (including phenoxy) is 3. The van der Waals surface area contributed by atoms with E-state index in [1.54, 1.807) is 44.1 Å². The number of unbranched alkanes of at least 4 members (excludes halogenated alkanes) is 5. The average Bonchev–Trinajstić information content (AvgIpc) is 3.64. The molecule has 348 valence electrons. The Morgan fingerprint density at radius 3 is 2.42 bits per heavy atom. The molecule has 2 saturated heterocycles. The third kappa shape index (κ3) is 10.8. The first-order chi connectivity index (χ1) is 31.3. The van der Waals surface area contributed by atoms with Crippen LogP contribution >= 0.6 is 0 Å². The fourth-order valence-electron chi connectivity index (χ4n) is 8.99. The van der Waals surface area contributed by atoms with Crippen LogP contribution in [0, 0.1) is 6.92 Å². The number of aliphatic hydroxyl groups is 1. The van der Waals surface area contributed by atoms with Gasteiger partial charge in [-0.15, -0.1) is 0 Å². The fourth-order valence-corrected chi connectivity index (χ4v) is 8.99. The molecule has 0 radical (unpaired) electrons. The summed E-state index contributed by atoms with van der Waals surface area (Å²) < 4.78 is 48.0. The Labute approximate surface area is 377 Å². The van der Waals surface area contributed by atoms with Crippen molar-refractivity contribution in [2.45, 2.75) is 89.5 Å². The molecule has 2 aromatic heterocycles. The second-order valence-electron chi connectivity index (χ2n) is 17.0. The number of carbonyl (C=O) groups excluding carboxylic acids is 3. The van der Waals surface area contributed by atoms with Crippen molar-refractivity contribution in [3.8, 4) is 17.2 Å². The van der Waals surface area contributed by atoms with E-state index < -0.39 is 18.4 Å². The Morgan fingerprint density at radius 1 is 0.954 bits per heavy atom. The molecule has 3 amide bonds. The summed E-state index contributed by atoms with van der Waals surface area (Å²) in [4.78, 5) is 51.3. The van der Waals surface area contributed by atoms with Crippen molar-refractivity contribution in [2.75, 3.05) is 65.5 Å². The van der Waals surface area contributed by atoms with Crippen molar-refractivity contribution in [1.82, 2.24) is 34.9 Å². The minimum atomic E-state index is -3.34. The van der Waals surface area contributed by atoms with E-state index in [4.69, 9.17) is 24.2 Å². The van der Waals surface area contributed by atoms with Gasteiger partial charge in [-0.3, -0.25) is 29.3 Å². The van der Waals surface area contributed by atoms with Crippen molar-refractivity contribution in [1.29, 1.82) is 0 Å². The number of hydrogen-bond acceptors (Lipinski definition) is 12. The van der Waals surface area contributed by atoms with Gasteiger partial charge in [-0.2, -0.15) is 13.9 Å². The average molecular weight is 899 g/mol. The van der Waals surface area contributed by atoms with Crippen molar-refractivity contribution < 1.29 is 42.5 Å². The molecular formula is C48H60F2N8O7. The number of methoxy groups -OCH3 is 2. The van der Waals surface area contributed by atoms with Crippen LogP contribution < -0.4 is 24.8 Å². The number of anilines is 1. The molecule has 3 N–H and O–H groups in total. The molecule has 0 spiro atoms. The lowest BCUT2D eigenvalue weighted by Crippen LogP contribution is -2.50. The van der Waals surface area contributed by atoms with Crippen molar-refractivity contribution in [2.24, 2.45) is 7.05 Å². The minimum Gasteiger partial charge on any atom is -0.493 e. The van der Waals surface area contributed by atoms with E-state index in [1.165, 1.54) is 12.1 Å². The summed E-state index contributed by atoms with van der Waals surface area (Å²) in [6, 6.07) is 13.0. The molecule has 0 aliphatic carbocycles. The van der Waals surface area contributed by atoms with Crippen LogP contribution in [-0.4, -0.2) is 113 Å². The number of piperidine rings is 1. The highest BCUT2D eigenvalue weighted by atomic mass is 19.3. The first-order valence-electron chi connectivity index (χ1n) is 22.5. The van der Waals surface area contributed by atoms with E-state index >= 15 is 0 Å². The van der Waals surface area contributed by atoms with Gasteiger partial charge >= 0.3 is 0 Å². The Bertz CT molecular complexity index is 2510. The summed E-state index contributed by atoms with van der Waals surface area (Å²) in [5.41, 5.74) is 3.37. The molecule has 2 aliphatic rings. The van der Waals surface area contributed by atoms with Gasteiger partial charge in [-0.25, -0.2) is 9.97 Å². The maximum Gasteiger partial charge on any atom is 0.295 e. The number of nitrogens with one attached hydrogen (secondary N) is 2. The highest BCUT2D eigenvalue weighted by Crippen LogP contribution is 2.41. The van der Waals surface area contributed by atoms with E-state index in [1.807, 2.05) is 36.9 Å². The number of imide groups is 1. The number of piperazine rings is 1. The number of rotatable bonds is 20. The molecule has 4 heterocycles. The van der Waals surface area contributed by atoms with Crippen LogP contribution in [0.5, 0.6) is 17.2 Å². The van der Waals surface area contributed by atoms with Crippen LogP contribution in [0.25, 0.3) is 21.8 Å². The zero-order chi connectivity index (χ0) is 46.3. The molecule has 2 fully saturated rings. The molecule has 7 rings (SSSR count).